The smallest absolute Gasteiger partial charge is 0.0672 e. The first-order valence-electron chi connectivity index (χ1n) is 8.64. The predicted octanol–water partition coefficient (Wildman–Crippen LogP) is 3.70. The van der Waals surface area contributed by atoms with Gasteiger partial charge in [-0.15, -0.1) is 0 Å². The van der Waals surface area contributed by atoms with E-state index < -0.39 is 0 Å². The summed E-state index contributed by atoms with van der Waals surface area (Å²) in [7, 11) is 1.79. The van der Waals surface area contributed by atoms with Crippen LogP contribution in [0.25, 0.3) is 0 Å². The van der Waals surface area contributed by atoms with E-state index in [1.165, 1.54) is 25.7 Å². The zero-order valence-corrected chi connectivity index (χ0v) is 14.3. The highest BCUT2D eigenvalue weighted by molar-refractivity contribution is 5.01. The summed E-state index contributed by atoms with van der Waals surface area (Å²) >= 11 is 0. The van der Waals surface area contributed by atoms with Gasteiger partial charge in [-0.05, 0) is 49.5 Å². The number of ether oxygens (including phenoxy) is 1. The Kier molecular flexibility index (Phi) is 5.68. The van der Waals surface area contributed by atoms with Gasteiger partial charge < -0.3 is 4.74 Å². The van der Waals surface area contributed by atoms with E-state index in [1.54, 1.807) is 7.11 Å². The van der Waals surface area contributed by atoms with E-state index in [1.807, 2.05) is 0 Å². The summed E-state index contributed by atoms with van der Waals surface area (Å²) in [6.07, 6.45) is 5.97. The minimum Gasteiger partial charge on any atom is -0.384 e. The summed E-state index contributed by atoms with van der Waals surface area (Å²) in [5.74, 6) is 1.66. The SMILES string of the molecule is CCC(C)(C)C1CCC(C#N)C(N2CCC(COC)C2)C1. The molecule has 3 heteroatoms. The first kappa shape index (κ1) is 16.8. The van der Waals surface area contributed by atoms with Crippen LogP contribution in [0.2, 0.25) is 0 Å². The first-order valence-corrected chi connectivity index (χ1v) is 8.64. The third-order valence-electron chi connectivity index (χ3n) is 6.19. The Bertz CT molecular complexity index is 374. The van der Waals surface area contributed by atoms with Crippen molar-refractivity contribution >= 4 is 0 Å². The molecular weight excluding hydrogens is 260 g/mol. The van der Waals surface area contributed by atoms with E-state index in [9.17, 15) is 5.26 Å². The molecule has 0 N–H and O–H groups in total. The van der Waals surface area contributed by atoms with E-state index in [4.69, 9.17) is 4.74 Å². The van der Waals surface area contributed by atoms with Gasteiger partial charge >= 0.3 is 0 Å². The molecule has 2 rings (SSSR count). The van der Waals surface area contributed by atoms with Crippen LogP contribution < -0.4 is 0 Å². The fourth-order valence-corrected chi connectivity index (χ4v) is 4.23. The second-order valence-corrected chi connectivity index (χ2v) is 7.76. The highest BCUT2D eigenvalue weighted by Crippen LogP contribution is 2.44. The van der Waals surface area contributed by atoms with Gasteiger partial charge in [0, 0.05) is 19.7 Å². The third-order valence-corrected chi connectivity index (χ3v) is 6.19. The number of hydrogen-bond donors (Lipinski definition) is 0. The van der Waals surface area contributed by atoms with Gasteiger partial charge in [0.1, 0.15) is 0 Å². The Labute approximate surface area is 130 Å². The Morgan fingerprint density at radius 3 is 2.67 bits per heavy atom. The summed E-state index contributed by atoms with van der Waals surface area (Å²) in [5.41, 5.74) is 0.407. The summed E-state index contributed by atoms with van der Waals surface area (Å²) in [4.78, 5) is 2.59. The van der Waals surface area contributed by atoms with E-state index in [0.29, 0.717) is 17.4 Å². The molecule has 1 saturated carbocycles. The van der Waals surface area contributed by atoms with E-state index >= 15 is 0 Å². The normalized spacial score (nSPS) is 34.8. The average molecular weight is 292 g/mol. The van der Waals surface area contributed by atoms with Crippen molar-refractivity contribution in [1.29, 1.82) is 5.26 Å². The molecule has 2 aliphatic rings. The lowest BCUT2D eigenvalue weighted by Gasteiger charge is -2.44. The average Bonchev–Trinajstić information content (AvgIpc) is 2.95. The van der Waals surface area contributed by atoms with E-state index in [0.717, 1.165) is 32.0 Å². The number of hydrogen-bond acceptors (Lipinski definition) is 3. The molecule has 0 spiro atoms. The molecule has 1 aliphatic heterocycles. The minimum absolute atomic E-state index is 0.232. The molecular formula is C18H32N2O. The van der Waals surface area contributed by atoms with Crippen molar-refractivity contribution in [3.63, 3.8) is 0 Å². The molecule has 3 nitrogen and oxygen atoms in total. The monoisotopic (exact) mass is 292 g/mol. The maximum absolute atomic E-state index is 9.54. The minimum atomic E-state index is 0.232. The van der Waals surface area contributed by atoms with Crippen LogP contribution in [-0.2, 0) is 4.74 Å². The maximum Gasteiger partial charge on any atom is 0.0672 e. The van der Waals surface area contributed by atoms with Crippen molar-refractivity contribution in [1.82, 2.24) is 4.90 Å². The number of methoxy groups -OCH3 is 1. The van der Waals surface area contributed by atoms with Gasteiger partial charge in [-0.25, -0.2) is 0 Å². The van der Waals surface area contributed by atoms with Gasteiger partial charge in [-0.2, -0.15) is 5.26 Å². The Hall–Kier alpha value is -0.590. The molecule has 0 aromatic heterocycles. The molecule has 4 unspecified atom stereocenters. The highest BCUT2D eigenvalue weighted by atomic mass is 16.5. The lowest BCUT2D eigenvalue weighted by Crippen LogP contribution is -2.45. The Morgan fingerprint density at radius 2 is 2.05 bits per heavy atom. The largest absolute Gasteiger partial charge is 0.384 e. The zero-order valence-electron chi connectivity index (χ0n) is 14.3. The topological polar surface area (TPSA) is 36.3 Å². The van der Waals surface area contributed by atoms with Crippen molar-refractivity contribution in [2.45, 2.75) is 58.9 Å². The van der Waals surface area contributed by atoms with E-state index in [-0.39, 0.29) is 5.92 Å². The summed E-state index contributed by atoms with van der Waals surface area (Å²) < 4.78 is 5.32. The molecule has 0 radical (unpaired) electrons. The van der Waals surface area contributed by atoms with Crippen LogP contribution in [0.5, 0.6) is 0 Å². The van der Waals surface area contributed by atoms with Gasteiger partial charge in [0.15, 0.2) is 0 Å². The molecule has 1 aliphatic carbocycles. The van der Waals surface area contributed by atoms with Gasteiger partial charge in [-0.1, -0.05) is 27.2 Å². The molecule has 0 aromatic rings. The Morgan fingerprint density at radius 1 is 1.29 bits per heavy atom. The van der Waals surface area contributed by atoms with Gasteiger partial charge in [0.25, 0.3) is 0 Å². The maximum atomic E-state index is 9.54. The highest BCUT2D eigenvalue weighted by Gasteiger charge is 2.41. The van der Waals surface area contributed by atoms with Gasteiger partial charge in [0.05, 0.1) is 18.6 Å². The fourth-order valence-electron chi connectivity index (χ4n) is 4.23. The molecule has 4 atom stereocenters. The molecule has 21 heavy (non-hydrogen) atoms. The summed E-state index contributed by atoms with van der Waals surface area (Å²) in [5, 5.41) is 9.54. The summed E-state index contributed by atoms with van der Waals surface area (Å²) in [6.45, 7) is 10.2. The molecule has 0 aromatic carbocycles. The second kappa shape index (κ2) is 7.11. The second-order valence-electron chi connectivity index (χ2n) is 7.76. The molecule has 1 heterocycles. The first-order chi connectivity index (χ1) is 10.0. The zero-order chi connectivity index (χ0) is 15.5. The molecule has 2 fully saturated rings. The quantitative estimate of drug-likeness (QED) is 0.775. The third kappa shape index (κ3) is 3.79. The van der Waals surface area contributed by atoms with Crippen molar-refractivity contribution < 1.29 is 4.74 Å². The number of nitriles is 1. The lowest BCUT2D eigenvalue weighted by molar-refractivity contribution is 0.0587. The fraction of sp³-hybridized carbons (Fsp3) is 0.944. The molecule has 0 bridgehead atoms. The van der Waals surface area contributed by atoms with Crippen molar-refractivity contribution in [3.8, 4) is 6.07 Å². The van der Waals surface area contributed by atoms with Crippen LogP contribution in [-0.4, -0.2) is 37.7 Å². The van der Waals surface area contributed by atoms with Crippen LogP contribution in [0.15, 0.2) is 0 Å². The number of likely N-dealkylation sites (tertiary alicyclic amines) is 1. The van der Waals surface area contributed by atoms with Crippen molar-refractivity contribution in [2.75, 3.05) is 26.8 Å². The lowest BCUT2D eigenvalue weighted by atomic mass is 9.66. The summed E-state index contributed by atoms with van der Waals surface area (Å²) in [6, 6.07) is 3.07. The standard InChI is InChI=1S/C18H32N2O/c1-5-18(2,3)16-7-6-15(11-19)17(10-16)20-9-8-14(12-20)13-21-4/h14-17H,5-10,12-13H2,1-4H3. The van der Waals surface area contributed by atoms with E-state index in [2.05, 4.69) is 31.7 Å². The Balaban J connectivity index is 2.03. The van der Waals surface area contributed by atoms with Crippen LogP contribution in [0.3, 0.4) is 0 Å². The van der Waals surface area contributed by atoms with Crippen molar-refractivity contribution in [2.24, 2.45) is 23.2 Å². The van der Waals surface area contributed by atoms with Crippen molar-refractivity contribution in [3.05, 3.63) is 0 Å². The van der Waals surface area contributed by atoms with Crippen LogP contribution in [0, 0.1) is 34.5 Å². The molecule has 1 saturated heterocycles. The number of rotatable bonds is 5. The van der Waals surface area contributed by atoms with Crippen LogP contribution in [0.4, 0.5) is 0 Å². The predicted molar refractivity (Wildman–Crippen MR) is 85.9 cm³/mol. The van der Waals surface area contributed by atoms with Crippen LogP contribution in [0.1, 0.15) is 52.9 Å². The molecule has 0 amide bonds. The van der Waals surface area contributed by atoms with Gasteiger partial charge in [-0.3, -0.25) is 4.90 Å². The van der Waals surface area contributed by atoms with Crippen LogP contribution >= 0.6 is 0 Å². The van der Waals surface area contributed by atoms with Gasteiger partial charge in [0.2, 0.25) is 0 Å². The number of nitrogens with zero attached hydrogens (tertiary/aromatic N) is 2. The molecule has 120 valence electrons.